The molecule has 0 aliphatic carbocycles. The largest absolute Gasteiger partial charge is 0.379 e. The smallest absolute Gasteiger partial charge is 0.259 e. The van der Waals surface area contributed by atoms with Gasteiger partial charge < -0.3 is 14.9 Å². The number of hydrogen-bond acceptors (Lipinski definition) is 5. The van der Waals surface area contributed by atoms with Gasteiger partial charge in [0.25, 0.3) is 5.89 Å². The van der Waals surface area contributed by atoms with E-state index >= 15 is 0 Å². The Morgan fingerprint density at radius 2 is 2.05 bits per heavy atom. The summed E-state index contributed by atoms with van der Waals surface area (Å²) in [5.41, 5.74) is 2.59. The Labute approximate surface area is 124 Å². The number of hydrogen-bond donors (Lipinski definition) is 2. The molecule has 0 bridgehead atoms. The highest BCUT2D eigenvalue weighted by molar-refractivity contribution is 5.30. The van der Waals surface area contributed by atoms with E-state index in [4.69, 9.17) is 4.52 Å². The van der Waals surface area contributed by atoms with Gasteiger partial charge in [-0.2, -0.15) is 4.98 Å². The second-order valence-corrected chi connectivity index (χ2v) is 6.00. The molecule has 1 aromatic carbocycles. The topological polar surface area (TPSA) is 71.2 Å². The maximum absolute atomic E-state index is 10.6. The maximum Gasteiger partial charge on any atom is 0.259 e. The van der Waals surface area contributed by atoms with Crippen LogP contribution >= 0.6 is 0 Å². The first-order chi connectivity index (χ1) is 10.0. The van der Waals surface area contributed by atoms with Gasteiger partial charge >= 0.3 is 0 Å². The fraction of sp³-hybridized carbons (Fsp3) is 0.500. The third kappa shape index (κ3) is 3.14. The van der Waals surface area contributed by atoms with Gasteiger partial charge in [-0.25, -0.2) is 0 Å². The minimum absolute atomic E-state index is 0.328. The van der Waals surface area contributed by atoms with Crippen molar-refractivity contribution in [2.75, 3.05) is 13.1 Å². The van der Waals surface area contributed by atoms with Crippen LogP contribution in [0.1, 0.15) is 41.2 Å². The van der Waals surface area contributed by atoms with Crippen LogP contribution in [0.2, 0.25) is 0 Å². The van der Waals surface area contributed by atoms with Crippen LogP contribution in [-0.2, 0) is 12.0 Å². The summed E-state index contributed by atoms with van der Waals surface area (Å²) in [5, 5.41) is 17.7. The molecule has 3 rings (SSSR count). The number of piperidine rings is 1. The highest BCUT2D eigenvalue weighted by Gasteiger charge is 2.36. The average molecular weight is 287 g/mol. The summed E-state index contributed by atoms with van der Waals surface area (Å²) in [4.78, 5) is 4.39. The Kier molecular flexibility index (Phi) is 3.78. The molecular formula is C16H21N3O2. The summed E-state index contributed by atoms with van der Waals surface area (Å²) in [6.07, 6.45) is 2.19. The van der Waals surface area contributed by atoms with E-state index < -0.39 is 5.60 Å². The van der Waals surface area contributed by atoms with Crippen molar-refractivity contribution >= 4 is 0 Å². The van der Waals surface area contributed by atoms with Crippen molar-refractivity contribution in [1.29, 1.82) is 0 Å². The number of aromatic nitrogens is 2. The number of benzene rings is 1. The molecule has 1 aromatic heterocycles. The summed E-state index contributed by atoms with van der Waals surface area (Å²) in [7, 11) is 0. The first-order valence-corrected chi connectivity index (χ1v) is 7.38. The van der Waals surface area contributed by atoms with E-state index in [9.17, 15) is 5.11 Å². The second-order valence-electron chi connectivity index (χ2n) is 6.00. The predicted octanol–water partition coefficient (Wildman–Crippen LogP) is 1.85. The fourth-order valence-electron chi connectivity index (χ4n) is 2.94. The van der Waals surface area contributed by atoms with Crippen LogP contribution in [0.4, 0.5) is 0 Å². The molecule has 0 radical (unpaired) electrons. The highest BCUT2D eigenvalue weighted by atomic mass is 16.5. The molecule has 1 unspecified atom stereocenters. The third-order valence-corrected chi connectivity index (χ3v) is 3.87. The lowest BCUT2D eigenvalue weighted by Gasteiger charge is -2.28. The van der Waals surface area contributed by atoms with Gasteiger partial charge in [0.2, 0.25) is 0 Å². The quantitative estimate of drug-likeness (QED) is 0.901. The molecule has 0 amide bonds. The molecule has 1 aliphatic heterocycles. The summed E-state index contributed by atoms with van der Waals surface area (Å²) in [6.45, 7) is 5.55. The molecule has 21 heavy (non-hydrogen) atoms. The zero-order valence-corrected chi connectivity index (χ0v) is 12.5. The molecular weight excluding hydrogens is 266 g/mol. The normalized spacial score (nSPS) is 22.4. The molecule has 1 fully saturated rings. The number of aliphatic hydroxyl groups is 1. The van der Waals surface area contributed by atoms with Crippen molar-refractivity contribution in [2.45, 2.75) is 38.7 Å². The standard InChI is InChI=1S/C16H21N3O2/c1-11-6-12(2)8-13(7-11)9-14-18-15(21-19-14)16(20)4-3-5-17-10-16/h6-8,17,20H,3-5,9-10H2,1-2H3. The predicted molar refractivity (Wildman–Crippen MR) is 79.0 cm³/mol. The van der Waals surface area contributed by atoms with Crippen molar-refractivity contribution in [3.8, 4) is 0 Å². The van der Waals surface area contributed by atoms with Gasteiger partial charge in [-0.3, -0.25) is 0 Å². The van der Waals surface area contributed by atoms with Gasteiger partial charge in [-0.05, 0) is 38.8 Å². The molecule has 1 saturated heterocycles. The molecule has 2 N–H and O–H groups in total. The molecule has 1 atom stereocenters. The Morgan fingerprint density at radius 3 is 2.71 bits per heavy atom. The first-order valence-electron chi connectivity index (χ1n) is 7.38. The fourth-order valence-corrected chi connectivity index (χ4v) is 2.94. The molecule has 5 heteroatoms. The Bertz CT molecular complexity index is 610. The minimum atomic E-state index is -1.02. The van der Waals surface area contributed by atoms with Crippen molar-refractivity contribution in [2.24, 2.45) is 0 Å². The van der Waals surface area contributed by atoms with Crippen LogP contribution in [0.3, 0.4) is 0 Å². The van der Waals surface area contributed by atoms with Gasteiger partial charge in [0.05, 0.1) is 0 Å². The van der Waals surface area contributed by atoms with Gasteiger partial charge in [-0.1, -0.05) is 34.5 Å². The lowest BCUT2D eigenvalue weighted by atomic mass is 9.94. The molecule has 2 heterocycles. The Morgan fingerprint density at radius 1 is 1.29 bits per heavy atom. The lowest BCUT2D eigenvalue weighted by molar-refractivity contribution is -0.0167. The van der Waals surface area contributed by atoms with Crippen LogP contribution < -0.4 is 5.32 Å². The van der Waals surface area contributed by atoms with Crippen LogP contribution in [0.25, 0.3) is 0 Å². The highest BCUT2D eigenvalue weighted by Crippen LogP contribution is 2.27. The van der Waals surface area contributed by atoms with E-state index in [1.807, 2.05) is 0 Å². The van der Waals surface area contributed by atoms with E-state index in [1.54, 1.807) is 0 Å². The maximum atomic E-state index is 10.6. The van der Waals surface area contributed by atoms with Crippen LogP contribution in [0.5, 0.6) is 0 Å². The Balaban J connectivity index is 1.78. The number of β-amino-alcohol motifs (C(OH)–C–C–N with tert-alkyl or cyclic N) is 1. The lowest BCUT2D eigenvalue weighted by Crippen LogP contribution is -2.43. The second kappa shape index (κ2) is 5.58. The van der Waals surface area contributed by atoms with Crippen molar-refractivity contribution < 1.29 is 9.63 Å². The number of rotatable bonds is 3. The van der Waals surface area contributed by atoms with Crippen LogP contribution in [-0.4, -0.2) is 28.3 Å². The molecule has 1 aliphatic rings. The first kappa shape index (κ1) is 14.2. The van der Waals surface area contributed by atoms with Crippen molar-refractivity contribution in [1.82, 2.24) is 15.5 Å². The number of aryl methyl sites for hydroxylation is 2. The van der Waals surface area contributed by atoms with E-state index in [2.05, 4.69) is 47.5 Å². The summed E-state index contributed by atoms with van der Waals surface area (Å²) < 4.78 is 5.29. The van der Waals surface area contributed by atoms with E-state index in [0.29, 0.717) is 31.1 Å². The summed E-state index contributed by atoms with van der Waals surface area (Å²) in [6, 6.07) is 6.39. The summed E-state index contributed by atoms with van der Waals surface area (Å²) >= 11 is 0. The van der Waals surface area contributed by atoms with E-state index in [-0.39, 0.29) is 0 Å². The third-order valence-electron chi connectivity index (χ3n) is 3.87. The minimum Gasteiger partial charge on any atom is -0.379 e. The van der Waals surface area contributed by atoms with Gasteiger partial charge in [-0.15, -0.1) is 0 Å². The van der Waals surface area contributed by atoms with Crippen LogP contribution in [0, 0.1) is 13.8 Å². The van der Waals surface area contributed by atoms with Crippen molar-refractivity contribution in [3.05, 3.63) is 46.6 Å². The monoisotopic (exact) mass is 287 g/mol. The number of nitrogens with zero attached hydrogens (tertiary/aromatic N) is 2. The van der Waals surface area contributed by atoms with E-state index in [1.165, 1.54) is 11.1 Å². The van der Waals surface area contributed by atoms with Gasteiger partial charge in [0.1, 0.15) is 0 Å². The average Bonchev–Trinajstić information content (AvgIpc) is 2.87. The van der Waals surface area contributed by atoms with Crippen LogP contribution in [0.15, 0.2) is 22.7 Å². The number of nitrogens with one attached hydrogen (secondary N) is 1. The zero-order chi connectivity index (χ0) is 14.9. The summed E-state index contributed by atoms with van der Waals surface area (Å²) in [5.74, 6) is 0.947. The molecule has 112 valence electrons. The van der Waals surface area contributed by atoms with Gasteiger partial charge in [0.15, 0.2) is 11.4 Å². The SMILES string of the molecule is Cc1cc(C)cc(Cc2noc(C3(O)CCCNC3)n2)c1. The van der Waals surface area contributed by atoms with Crippen molar-refractivity contribution in [3.63, 3.8) is 0 Å². The Hall–Kier alpha value is -1.72. The molecule has 5 nitrogen and oxygen atoms in total. The molecule has 2 aromatic rings. The molecule has 0 saturated carbocycles. The van der Waals surface area contributed by atoms with E-state index in [0.717, 1.165) is 18.5 Å². The molecule has 0 spiro atoms. The van der Waals surface area contributed by atoms with Gasteiger partial charge in [0, 0.05) is 13.0 Å². The zero-order valence-electron chi connectivity index (χ0n) is 12.5.